The molecule has 0 aliphatic carbocycles. The zero-order valence-corrected chi connectivity index (χ0v) is 8.06. The molecule has 0 radical (unpaired) electrons. The first-order valence-corrected chi connectivity index (χ1v) is 5.07. The van der Waals surface area contributed by atoms with Crippen molar-refractivity contribution in [1.82, 2.24) is 25.1 Å². The molecule has 6 heteroatoms. The van der Waals surface area contributed by atoms with Crippen molar-refractivity contribution in [3.8, 4) is 0 Å². The van der Waals surface area contributed by atoms with Crippen LogP contribution in [0.4, 0.5) is 5.95 Å². The van der Waals surface area contributed by atoms with Gasteiger partial charge < -0.3 is 10.6 Å². The van der Waals surface area contributed by atoms with Crippen molar-refractivity contribution >= 4 is 5.95 Å². The third kappa shape index (κ3) is 0.971. The lowest BCUT2D eigenvalue weighted by atomic mass is 9.91. The van der Waals surface area contributed by atoms with Crippen LogP contribution < -0.4 is 5.73 Å². The number of nitrogen functional groups attached to an aromatic ring is 1. The van der Waals surface area contributed by atoms with Gasteiger partial charge in [0.1, 0.15) is 0 Å². The summed E-state index contributed by atoms with van der Waals surface area (Å²) in [7, 11) is 0. The minimum atomic E-state index is 0.0891. The van der Waals surface area contributed by atoms with Crippen molar-refractivity contribution in [3.63, 3.8) is 0 Å². The quantitative estimate of drug-likeness (QED) is 0.649. The lowest BCUT2D eigenvalue weighted by molar-refractivity contribution is 0.171. The first kappa shape index (κ1) is 8.16. The molecule has 2 aliphatic rings. The Morgan fingerprint density at radius 2 is 2.21 bits per heavy atom. The monoisotopic (exact) mass is 194 g/mol. The van der Waals surface area contributed by atoms with Gasteiger partial charge >= 0.3 is 0 Å². The molecule has 0 saturated carbocycles. The van der Waals surface area contributed by atoms with E-state index in [9.17, 15) is 0 Å². The number of hydrogen-bond donors (Lipinski definition) is 1. The Morgan fingerprint density at radius 3 is 3.00 bits per heavy atom. The zero-order chi connectivity index (χ0) is 9.60. The fourth-order valence-electron chi connectivity index (χ4n) is 2.78. The summed E-state index contributed by atoms with van der Waals surface area (Å²) in [5, 5.41) is 11.4. The molecule has 0 aromatic carbocycles. The lowest BCUT2D eigenvalue weighted by Gasteiger charge is -2.33. The Bertz CT molecular complexity index is 343. The average Bonchev–Trinajstić information content (AvgIpc) is 2.73. The number of fused-ring (bicyclic) bond motifs is 2. The maximum atomic E-state index is 5.76. The Balaban J connectivity index is 2.00. The minimum absolute atomic E-state index is 0.0891. The zero-order valence-electron chi connectivity index (χ0n) is 8.06. The molecular weight excluding hydrogens is 180 g/mol. The first-order chi connectivity index (χ1) is 6.80. The molecule has 2 unspecified atom stereocenters. The summed E-state index contributed by atoms with van der Waals surface area (Å²) in [4.78, 5) is 2.46. The van der Waals surface area contributed by atoms with Gasteiger partial charge in [0.25, 0.3) is 0 Å². The Kier molecular flexibility index (Phi) is 1.55. The average molecular weight is 194 g/mol. The highest BCUT2D eigenvalue weighted by Gasteiger charge is 2.44. The van der Waals surface area contributed by atoms with E-state index in [0.29, 0.717) is 5.95 Å². The van der Waals surface area contributed by atoms with Gasteiger partial charge in [0.2, 0.25) is 5.95 Å². The Labute approximate surface area is 82.1 Å². The van der Waals surface area contributed by atoms with Gasteiger partial charge in [0, 0.05) is 13.1 Å². The van der Waals surface area contributed by atoms with Gasteiger partial charge in [-0.1, -0.05) is 5.10 Å². The Morgan fingerprint density at radius 1 is 1.29 bits per heavy atom. The van der Waals surface area contributed by atoms with E-state index in [1.807, 2.05) is 4.68 Å². The van der Waals surface area contributed by atoms with Crippen LogP contribution in [0.25, 0.3) is 0 Å². The standard InChI is InChI=1S/C8H14N6/c9-7-10-11-12-14(7)8-2-1-4-13(6-8)5-3-8/h1-6H2,(H2,9,10,12). The predicted molar refractivity (Wildman–Crippen MR) is 50.5 cm³/mol. The van der Waals surface area contributed by atoms with Crippen molar-refractivity contribution in [3.05, 3.63) is 0 Å². The largest absolute Gasteiger partial charge is 0.367 e. The predicted octanol–water partition coefficient (Wildman–Crippen LogP) is -0.550. The molecule has 2 saturated heterocycles. The number of piperidine rings is 1. The van der Waals surface area contributed by atoms with Crippen molar-refractivity contribution in [2.45, 2.75) is 24.8 Å². The molecule has 2 bridgehead atoms. The molecular formula is C8H14N6. The van der Waals surface area contributed by atoms with E-state index < -0.39 is 0 Å². The fraction of sp³-hybridized carbons (Fsp3) is 0.875. The topological polar surface area (TPSA) is 72.9 Å². The van der Waals surface area contributed by atoms with Crippen LogP contribution in [0.1, 0.15) is 19.3 Å². The van der Waals surface area contributed by atoms with Gasteiger partial charge in [-0.25, -0.2) is 4.68 Å². The molecule has 2 atom stereocenters. The molecule has 6 nitrogen and oxygen atoms in total. The van der Waals surface area contributed by atoms with Crippen LogP contribution in [-0.2, 0) is 5.54 Å². The summed E-state index contributed by atoms with van der Waals surface area (Å²) in [6, 6.07) is 0. The second-order valence-electron chi connectivity index (χ2n) is 4.30. The summed E-state index contributed by atoms with van der Waals surface area (Å²) < 4.78 is 1.83. The number of tetrazole rings is 1. The van der Waals surface area contributed by atoms with Crippen LogP contribution in [0.5, 0.6) is 0 Å². The molecule has 1 aromatic heterocycles. The lowest BCUT2D eigenvalue weighted by Crippen LogP contribution is -2.42. The maximum Gasteiger partial charge on any atom is 0.240 e. The number of aromatic nitrogens is 4. The van der Waals surface area contributed by atoms with Gasteiger partial charge in [-0.2, -0.15) is 0 Å². The third-order valence-corrected chi connectivity index (χ3v) is 3.47. The third-order valence-electron chi connectivity index (χ3n) is 3.47. The number of hydrogen-bond acceptors (Lipinski definition) is 5. The highest BCUT2D eigenvalue weighted by atomic mass is 15.6. The van der Waals surface area contributed by atoms with Crippen molar-refractivity contribution < 1.29 is 0 Å². The molecule has 76 valence electrons. The van der Waals surface area contributed by atoms with Gasteiger partial charge in [-0.15, -0.1) is 0 Å². The van der Waals surface area contributed by atoms with Gasteiger partial charge in [0.05, 0.1) is 5.54 Å². The van der Waals surface area contributed by atoms with E-state index in [1.54, 1.807) is 0 Å². The summed E-state index contributed by atoms with van der Waals surface area (Å²) in [5.41, 5.74) is 5.85. The first-order valence-electron chi connectivity index (χ1n) is 5.07. The van der Waals surface area contributed by atoms with E-state index in [4.69, 9.17) is 5.73 Å². The molecule has 1 aromatic rings. The second kappa shape index (κ2) is 2.66. The van der Waals surface area contributed by atoms with Crippen molar-refractivity contribution in [2.24, 2.45) is 0 Å². The maximum absolute atomic E-state index is 5.76. The van der Waals surface area contributed by atoms with Crippen molar-refractivity contribution in [2.75, 3.05) is 25.4 Å². The SMILES string of the molecule is Nc1nnnn1C12CCCN(CC1)C2. The van der Waals surface area contributed by atoms with Gasteiger partial charge in [-0.05, 0) is 36.2 Å². The second-order valence-corrected chi connectivity index (χ2v) is 4.30. The van der Waals surface area contributed by atoms with E-state index in [-0.39, 0.29) is 5.54 Å². The molecule has 0 amide bonds. The molecule has 2 aliphatic heterocycles. The molecule has 3 heterocycles. The molecule has 2 N–H and O–H groups in total. The fourth-order valence-corrected chi connectivity index (χ4v) is 2.78. The van der Waals surface area contributed by atoms with Gasteiger partial charge in [0.15, 0.2) is 0 Å². The Hall–Kier alpha value is -1.17. The van der Waals surface area contributed by atoms with Crippen LogP contribution in [0.3, 0.4) is 0 Å². The number of nitrogens with zero attached hydrogens (tertiary/aromatic N) is 5. The number of rotatable bonds is 1. The van der Waals surface area contributed by atoms with Crippen LogP contribution in [0, 0.1) is 0 Å². The molecule has 3 rings (SSSR count). The summed E-state index contributed by atoms with van der Waals surface area (Å²) in [5.74, 6) is 0.453. The van der Waals surface area contributed by atoms with Crippen LogP contribution >= 0.6 is 0 Å². The molecule has 14 heavy (non-hydrogen) atoms. The summed E-state index contributed by atoms with van der Waals surface area (Å²) in [6.45, 7) is 3.42. The van der Waals surface area contributed by atoms with Crippen molar-refractivity contribution in [1.29, 1.82) is 0 Å². The highest BCUT2D eigenvalue weighted by molar-refractivity contribution is 5.16. The minimum Gasteiger partial charge on any atom is -0.367 e. The van der Waals surface area contributed by atoms with Gasteiger partial charge in [-0.3, -0.25) is 0 Å². The van der Waals surface area contributed by atoms with Crippen LogP contribution in [-0.4, -0.2) is 44.7 Å². The summed E-state index contributed by atoms with van der Waals surface area (Å²) >= 11 is 0. The number of nitrogens with two attached hydrogens (primary N) is 1. The number of anilines is 1. The molecule has 2 fully saturated rings. The van der Waals surface area contributed by atoms with Crippen LogP contribution in [0.2, 0.25) is 0 Å². The smallest absolute Gasteiger partial charge is 0.240 e. The van der Waals surface area contributed by atoms with E-state index in [1.165, 1.54) is 13.0 Å². The van der Waals surface area contributed by atoms with E-state index >= 15 is 0 Å². The highest BCUT2D eigenvalue weighted by Crippen LogP contribution is 2.37. The van der Waals surface area contributed by atoms with E-state index in [0.717, 1.165) is 25.9 Å². The molecule has 0 spiro atoms. The summed E-state index contributed by atoms with van der Waals surface area (Å²) in [6.07, 6.45) is 3.50. The van der Waals surface area contributed by atoms with E-state index in [2.05, 4.69) is 20.4 Å². The normalized spacial score (nSPS) is 36.1. The van der Waals surface area contributed by atoms with Crippen LogP contribution in [0.15, 0.2) is 0 Å².